The Morgan fingerprint density at radius 3 is 3.06 bits per heavy atom. The molecule has 2 heterocycles. The molecule has 1 amide bonds. The third-order valence-corrected chi connectivity index (χ3v) is 2.50. The number of hydrogen-bond donors (Lipinski definition) is 2. The summed E-state index contributed by atoms with van der Waals surface area (Å²) in [7, 11) is 0. The minimum absolute atomic E-state index is 0.0787. The third-order valence-electron chi connectivity index (χ3n) is 2.27. The molecule has 0 aliphatic heterocycles. The summed E-state index contributed by atoms with van der Waals surface area (Å²) in [6.45, 7) is 0.921. The first kappa shape index (κ1) is 11.9. The first-order valence-electron chi connectivity index (χ1n) is 5.29. The average Bonchev–Trinajstić information content (AvgIpc) is 2.67. The predicted molar refractivity (Wildman–Crippen MR) is 66.0 cm³/mol. The maximum Gasteiger partial charge on any atom is 0.226 e. The number of rotatable bonds is 4. The number of nitrogens with two attached hydrogens (primary N) is 1. The van der Waals surface area contributed by atoms with Crippen LogP contribution in [0.3, 0.4) is 0 Å². The van der Waals surface area contributed by atoms with Gasteiger partial charge in [-0.25, -0.2) is 4.98 Å². The second-order valence-corrected chi connectivity index (χ2v) is 4.10. The summed E-state index contributed by atoms with van der Waals surface area (Å²) < 4.78 is 1.80. The van der Waals surface area contributed by atoms with E-state index in [0.717, 1.165) is 5.65 Å². The second-order valence-electron chi connectivity index (χ2n) is 3.66. The fourth-order valence-corrected chi connectivity index (χ4v) is 1.71. The summed E-state index contributed by atoms with van der Waals surface area (Å²) in [4.78, 5) is 15.8. The Labute approximate surface area is 104 Å². The van der Waals surface area contributed by atoms with Gasteiger partial charge in [0.1, 0.15) is 5.65 Å². The van der Waals surface area contributed by atoms with Crippen molar-refractivity contribution in [1.82, 2.24) is 14.7 Å². The molecular formula is C11H13ClN4O. The number of hydrogen-bond acceptors (Lipinski definition) is 3. The van der Waals surface area contributed by atoms with Gasteiger partial charge >= 0.3 is 0 Å². The predicted octanol–water partition coefficient (Wildman–Crippen LogP) is 0.605. The summed E-state index contributed by atoms with van der Waals surface area (Å²) in [6.07, 6.45) is 3.80. The molecule has 0 aliphatic rings. The molecule has 6 heteroatoms. The van der Waals surface area contributed by atoms with Crippen molar-refractivity contribution < 1.29 is 4.79 Å². The number of nitrogens with zero attached hydrogens (tertiary/aromatic N) is 2. The zero-order chi connectivity index (χ0) is 12.3. The topological polar surface area (TPSA) is 72.4 Å². The highest BCUT2D eigenvalue weighted by Gasteiger charge is 2.07. The number of imidazole rings is 1. The maximum absolute atomic E-state index is 11.5. The molecule has 0 spiro atoms. The van der Waals surface area contributed by atoms with Gasteiger partial charge in [0.15, 0.2) is 0 Å². The Bertz CT molecular complexity index is 537. The van der Waals surface area contributed by atoms with Gasteiger partial charge in [0.05, 0.1) is 17.1 Å². The van der Waals surface area contributed by atoms with E-state index in [0.29, 0.717) is 23.8 Å². The van der Waals surface area contributed by atoms with Crippen molar-refractivity contribution >= 4 is 23.2 Å². The first-order valence-corrected chi connectivity index (χ1v) is 5.67. The number of carbonyl (C=O) groups is 1. The summed E-state index contributed by atoms with van der Waals surface area (Å²) in [5.41, 5.74) is 6.78. The summed E-state index contributed by atoms with van der Waals surface area (Å²) in [6, 6.07) is 3.58. The van der Waals surface area contributed by atoms with Crippen LogP contribution in [0.2, 0.25) is 5.02 Å². The van der Waals surface area contributed by atoms with E-state index >= 15 is 0 Å². The van der Waals surface area contributed by atoms with Crippen LogP contribution in [-0.2, 0) is 11.2 Å². The number of fused-ring (bicyclic) bond motifs is 1. The van der Waals surface area contributed by atoms with Crippen LogP contribution >= 0.6 is 11.6 Å². The molecule has 0 aromatic carbocycles. The standard InChI is InChI=1S/C11H13ClN4O/c12-8-1-2-10-15-9(7-16(10)6-8)5-11(17)14-4-3-13/h1-2,6-7H,3-5,13H2,(H,14,17). The second kappa shape index (κ2) is 5.16. The van der Waals surface area contributed by atoms with Crippen LogP contribution in [0.15, 0.2) is 24.5 Å². The third kappa shape index (κ3) is 2.95. The van der Waals surface area contributed by atoms with Crippen molar-refractivity contribution in [3.8, 4) is 0 Å². The minimum Gasteiger partial charge on any atom is -0.354 e. The first-order chi connectivity index (χ1) is 8.19. The number of pyridine rings is 1. The van der Waals surface area contributed by atoms with E-state index < -0.39 is 0 Å². The highest BCUT2D eigenvalue weighted by molar-refractivity contribution is 6.30. The molecule has 0 unspecified atom stereocenters. The normalized spacial score (nSPS) is 10.7. The van der Waals surface area contributed by atoms with Crippen molar-refractivity contribution in [2.45, 2.75) is 6.42 Å². The van der Waals surface area contributed by atoms with Crippen molar-refractivity contribution in [3.05, 3.63) is 35.2 Å². The summed E-state index contributed by atoms with van der Waals surface area (Å²) in [5.74, 6) is -0.0787. The molecule has 2 aromatic heterocycles. The van der Waals surface area contributed by atoms with Gasteiger partial charge in [-0.2, -0.15) is 0 Å². The average molecular weight is 253 g/mol. The lowest BCUT2D eigenvalue weighted by Crippen LogP contribution is -2.30. The van der Waals surface area contributed by atoms with Crippen LogP contribution in [0.25, 0.3) is 5.65 Å². The molecule has 0 saturated carbocycles. The fourth-order valence-electron chi connectivity index (χ4n) is 1.54. The molecule has 2 rings (SSSR count). The lowest BCUT2D eigenvalue weighted by atomic mass is 10.3. The van der Waals surface area contributed by atoms with Gasteiger partial charge in [0.25, 0.3) is 0 Å². The molecule has 0 aliphatic carbocycles. The number of halogens is 1. The fraction of sp³-hybridized carbons (Fsp3) is 0.273. The van der Waals surface area contributed by atoms with Crippen LogP contribution in [0.5, 0.6) is 0 Å². The largest absolute Gasteiger partial charge is 0.354 e. The summed E-state index contributed by atoms with van der Waals surface area (Å²) >= 11 is 5.86. The van der Waals surface area contributed by atoms with Gasteiger partial charge in [-0.05, 0) is 12.1 Å². The quantitative estimate of drug-likeness (QED) is 0.837. The highest BCUT2D eigenvalue weighted by Crippen LogP contribution is 2.11. The minimum atomic E-state index is -0.0787. The zero-order valence-corrected chi connectivity index (χ0v) is 9.94. The molecule has 90 valence electrons. The van der Waals surface area contributed by atoms with E-state index in [1.54, 1.807) is 22.9 Å². The number of nitrogens with one attached hydrogen (secondary N) is 1. The molecule has 0 saturated heterocycles. The Kier molecular flexibility index (Phi) is 3.61. The van der Waals surface area contributed by atoms with Crippen LogP contribution in [0.4, 0.5) is 0 Å². The monoisotopic (exact) mass is 252 g/mol. The van der Waals surface area contributed by atoms with E-state index in [2.05, 4.69) is 10.3 Å². The van der Waals surface area contributed by atoms with Crippen LogP contribution in [0.1, 0.15) is 5.69 Å². The van der Waals surface area contributed by atoms with Gasteiger partial charge < -0.3 is 15.5 Å². The van der Waals surface area contributed by atoms with Crippen molar-refractivity contribution in [2.24, 2.45) is 5.73 Å². The maximum atomic E-state index is 11.5. The molecule has 0 bridgehead atoms. The Morgan fingerprint density at radius 2 is 2.29 bits per heavy atom. The summed E-state index contributed by atoms with van der Waals surface area (Å²) in [5, 5.41) is 3.33. The van der Waals surface area contributed by atoms with E-state index in [1.807, 2.05) is 6.07 Å². The molecule has 3 N–H and O–H groups in total. The molecular weight excluding hydrogens is 240 g/mol. The van der Waals surface area contributed by atoms with Gasteiger partial charge in [-0.15, -0.1) is 0 Å². The zero-order valence-electron chi connectivity index (χ0n) is 9.19. The van der Waals surface area contributed by atoms with Gasteiger partial charge in [0, 0.05) is 25.5 Å². The van der Waals surface area contributed by atoms with Gasteiger partial charge in [-0.1, -0.05) is 11.6 Å². The van der Waals surface area contributed by atoms with Crippen LogP contribution in [0, 0.1) is 0 Å². The molecule has 2 aromatic rings. The van der Waals surface area contributed by atoms with Crippen LogP contribution < -0.4 is 11.1 Å². The molecule has 17 heavy (non-hydrogen) atoms. The lowest BCUT2D eigenvalue weighted by molar-refractivity contribution is -0.120. The van der Waals surface area contributed by atoms with Crippen molar-refractivity contribution in [1.29, 1.82) is 0 Å². The number of amides is 1. The molecule has 5 nitrogen and oxygen atoms in total. The number of carbonyl (C=O) groups excluding carboxylic acids is 1. The highest BCUT2D eigenvalue weighted by atomic mass is 35.5. The lowest BCUT2D eigenvalue weighted by Gasteiger charge is -2.00. The van der Waals surface area contributed by atoms with Crippen molar-refractivity contribution in [3.63, 3.8) is 0 Å². The molecule has 0 fully saturated rings. The smallest absolute Gasteiger partial charge is 0.226 e. The Balaban J connectivity index is 2.11. The van der Waals surface area contributed by atoms with E-state index in [9.17, 15) is 4.79 Å². The molecule has 0 radical (unpaired) electrons. The van der Waals surface area contributed by atoms with Gasteiger partial charge in [0.2, 0.25) is 5.91 Å². The van der Waals surface area contributed by atoms with E-state index in [1.165, 1.54) is 0 Å². The van der Waals surface area contributed by atoms with Crippen LogP contribution in [-0.4, -0.2) is 28.4 Å². The van der Waals surface area contributed by atoms with E-state index in [4.69, 9.17) is 17.3 Å². The van der Waals surface area contributed by atoms with Gasteiger partial charge in [-0.3, -0.25) is 4.79 Å². The molecule has 0 atom stereocenters. The SMILES string of the molecule is NCCNC(=O)Cc1cn2cc(Cl)ccc2n1. The van der Waals surface area contributed by atoms with Crippen molar-refractivity contribution in [2.75, 3.05) is 13.1 Å². The number of aromatic nitrogens is 2. The van der Waals surface area contributed by atoms with E-state index in [-0.39, 0.29) is 12.3 Å². The Hall–Kier alpha value is -1.59. The Morgan fingerprint density at radius 1 is 1.47 bits per heavy atom.